The van der Waals surface area contributed by atoms with E-state index in [-0.39, 0.29) is 23.1 Å². The van der Waals surface area contributed by atoms with Crippen LogP contribution in [-0.2, 0) is 14.4 Å². The van der Waals surface area contributed by atoms with Gasteiger partial charge in [-0.25, -0.2) is 0 Å². The molecule has 132 valence electrons. The second kappa shape index (κ2) is 8.57. The van der Waals surface area contributed by atoms with E-state index < -0.39 is 12.1 Å². The number of amides is 3. The predicted octanol–water partition coefficient (Wildman–Crippen LogP) is 1.35. The molecule has 0 spiro atoms. The lowest BCUT2D eigenvalue weighted by molar-refractivity contribution is -0.140. The van der Waals surface area contributed by atoms with Crippen LogP contribution in [0.25, 0.3) is 0 Å². The number of nitrogens with one attached hydrogen (secondary N) is 2. The summed E-state index contributed by atoms with van der Waals surface area (Å²) in [5.41, 5.74) is -0.112. The van der Waals surface area contributed by atoms with Gasteiger partial charge in [0.1, 0.15) is 12.1 Å². The topological polar surface area (TPSA) is 78.5 Å². The van der Waals surface area contributed by atoms with E-state index in [0.29, 0.717) is 24.6 Å². The van der Waals surface area contributed by atoms with Crippen LogP contribution in [0.15, 0.2) is 0 Å². The van der Waals surface area contributed by atoms with E-state index in [1.165, 1.54) is 0 Å². The monoisotopic (exact) mass is 343 g/mol. The first-order chi connectivity index (χ1) is 10.7. The summed E-state index contributed by atoms with van der Waals surface area (Å²) < 4.78 is 0. The van der Waals surface area contributed by atoms with Crippen molar-refractivity contribution in [2.45, 2.75) is 59.5 Å². The maximum Gasteiger partial charge on any atom is 0.244 e. The van der Waals surface area contributed by atoms with Crippen molar-refractivity contribution < 1.29 is 14.4 Å². The third-order valence-corrected chi connectivity index (χ3v) is 4.50. The van der Waals surface area contributed by atoms with Crippen molar-refractivity contribution in [1.82, 2.24) is 15.5 Å². The van der Waals surface area contributed by atoms with E-state index >= 15 is 0 Å². The number of carbonyl (C=O) groups excluding carboxylic acids is 3. The van der Waals surface area contributed by atoms with E-state index in [2.05, 4.69) is 10.6 Å². The van der Waals surface area contributed by atoms with Gasteiger partial charge in [0.25, 0.3) is 0 Å². The molecule has 2 N–H and O–H groups in total. The van der Waals surface area contributed by atoms with Crippen molar-refractivity contribution in [3.05, 3.63) is 0 Å². The Bertz CT molecular complexity index is 448. The molecule has 1 aliphatic rings. The highest BCUT2D eigenvalue weighted by atomic mass is 32.2. The number of carbonyl (C=O) groups is 3. The molecular formula is C16H29N3O3S. The van der Waals surface area contributed by atoms with Gasteiger partial charge in [-0.1, -0.05) is 27.7 Å². The molecule has 1 heterocycles. The van der Waals surface area contributed by atoms with E-state index in [4.69, 9.17) is 0 Å². The Hall–Kier alpha value is -1.24. The largest absolute Gasteiger partial charge is 0.354 e. The lowest BCUT2D eigenvalue weighted by atomic mass is 9.91. The van der Waals surface area contributed by atoms with Crippen LogP contribution in [0.2, 0.25) is 0 Å². The molecule has 3 amide bonds. The molecule has 0 aromatic rings. The van der Waals surface area contributed by atoms with Crippen LogP contribution >= 0.6 is 11.8 Å². The molecule has 1 aliphatic heterocycles. The highest BCUT2D eigenvalue weighted by molar-refractivity contribution is 7.99. The molecule has 23 heavy (non-hydrogen) atoms. The maximum absolute atomic E-state index is 12.4. The highest BCUT2D eigenvalue weighted by Crippen LogP contribution is 2.26. The molecule has 0 unspecified atom stereocenters. The van der Waals surface area contributed by atoms with E-state index in [0.717, 1.165) is 6.42 Å². The van der Waals surface area contributed by atoms with Gasteiger partial charge in [0.2, 0.25) is 17.7 Å². The third kappa shape index (κ3) is 6.41. The van der Waals surface area contributed by atoms with Crippen LogP contribution in [0.5, 0.6) is 0 Å². The van der Waals surface area contributed by atoms with Gasteiger partial charge in [-0.05, 0) is 18.8 Å². The third-order valence-electron chi connectivity index (χ3n) is 3.49. The molecule has 0 bridgehead atoms. The first-order valence-corrected chi connectivity index (χ1v) is 9.26. The lowest BCUT2D eigenvalue weighted by Crippen LogP contribution is -2.53. The Morgan fingerprint density at radius 1 is 1.30 bits per heavy atom. The second-order valence-electron chi connectivity index (χ2n) is 7.14. The molecule has 0 saturated carbocycles. The smallest absolute Gasteiger partial charge is 0.244 e. The number of hydrogen-bond donors (Lipinski definition) is 2. The molecule has 0 aliphatic carbocycles. The van der Waals surface area contributed by atoms with Gasteiger partial charge < -0.3 is 15.5 Å². The van der Waals surface area contributed by atoms with E-state index in [1.807, 2.05) is 27.7 Å². The van der Waals surface area contributed by atoms with Crippen molar-refractivity contribution in [2.75, 3.05) is 18.2 Å². The summed E-state index contributed by atoms with van der Waals surface area (Å²) in [5, 5.41) is 5.47. The van der Waals surface area contributed by atoms with E-state index in [9.17, 15) is 14.4 Å². The highest BCUT2D eigenvalue weighted by Gasteiger charge is 2.36. The number of hydrogen-bond acceptors (Lipinski definition) is 4. The zero-order valence-corrected chi connectivity index (χ0v) is 15.6. The average Bonchev–Trinajstić information content (AvgIpc) is 2.92. The minimum absolute atomic E-state index is 0.00858. The van der Waals surface area contributed by atoms with Gasteiger partial charge in [-0.15, -0.1) is 11.8 Å². The molecule has 0 aromatic heterocycles. The fourth-order valence-corrected chi connectivity index (χ4v) is 3.42. The van der Waals surface area contributed by atoms with Crippen LogP contribution in [0, 0.1) is 5.41 Å². The molecule has 6 nitrogen and oxygen atoms in total. The Kier molecular flexibility index (Phi) is 7.38. The number of thioether (sulfide) groups is 1. The van der Waals surface area contributed by atoms with Gasteiger partial charge >= 0.3 is 0 Å². The SMILES string of the molecule is CCCNC(=O)[C@H](C)NC(=O)[C@H]1CSCN1C(=O)CC(C)(C)C. The normalized spacial score (nSPS) is 19.3. The summed E-state index contributed by atoms with van der Waals surface area (Å²) in [6.45, 7) is 10.2. The Balaban J connectivity index is 2.60. The summed E-state index contributed by atoms with van der Waals surface area (Å²) >= 11 is 1.57. The van der Waals surface area contributed by atoms with Crippen molar-refractivity contribution in [3.8, 4) is 0 Å². The van der Waals surface area contributed by atoms with Crippen molar-refractivity contribution >= 4 is 29.5 Å². The second-order valence-corrected chi connectivity index (χ2v) is 8.14. The summed E-state index contributed by atoms with van der Waals surface area (Å²) in [7, 11) is 0. The van der Waals surface area contributed by atoms with Crippen LogP contribution in [0.1, 0.15) is 47.5 Å². The molecule has 1 rings (SSSR count). The Morgan fingerprint density at radius 2 is 1.96 bits per heavy atom. The summed E-state index contributed by atoms with van der Waals surface area (Å²) in [5.74, 6) is 0.648. The zero-order chi connectivity index (χ0) is 17.6. The molecule has 0 radical (unpaired) electrons. The molecule has 0 aromatic carbocycles. The zero-order valence-electron chi connectivity index (χ0n) is 14.8. The Morgan fingerprint density at radius 3 is 2.52 bits per heavy atom. The van der Waals surface area contributed by atoms with Gasteiger partial charge in [0.05, 0.1) is 5.88 Å². The number of nitrogens with zero attached hydrogens (tertiary/aromatic N) is 1. The van der Waals surface area contributed by atoms with Crippen molar-refractivity contribution in [3.63, 3.8) is 0 Å². The summed E-state index contributed by atoms with van der Waals surface area (Å²) in [6.07, 6.45) is 1.25. The van der Waals surface area contributed by atoms with Gasteiger partial charge in [-0.2, -0.15) is 0 Å². The van der Waals surface area contributed by atoms with E-state index in [1.54, 1.807) is 23.6 Å². The lowest BCUT2D eigenvalue weighted by Gasteiger charge is -2.27. The fourth-order valence-electron chi connectivity index (χ4n) is 2.24. The maximum atomic E-state index is 12.4. The minimum Gasteiger partial charge on any atom is -0.354 e. The predicted molar refractivity (Wildman–Crippen MR) is 92.9 cm³/mol. The summed E-state index contributed by atoms with van der Waals surface area (Å²) in [6, 6.07) is -1.09. The van der Waals surface area contributed by atoms with Crippen LogP contribution in [-0.4, -0.2) is 52.9 Å². The quantitative estimate of drug-likeness (QED) is 0.763. The van der Waals surface area contributed by atoms with Crippen LogP contribution in [0.4, 0.5) is 0 Å². The van der Waals surface area contributed by atoms with Crippen LogP contribution in [0.3, 0.4) is 0 Å². The first-order valence-electron chi connectivity index (χ1n) is 8.11. The summed E-state index contributed by atoms with van der Waals surface area (Å²) in [4.78, 5) is 38.3. The minimum atomic E-state index is -0.598. The Labute approximate surface area is 143 Å². The molecular weight excluding hydrogens is 314 g/mol. The van der Waals surface area contributed by atoms with Gasteiger partial charge in [0.15, 0.2) is 0 Å². The van der Waals surface area contributed by atoms with Gasteiger partial charge in [0, 0.05) is 18.7 Å². The molecule has 7 heteroatoms. The molecule has 1 fully saturated rings. The number of rotatable bonds is 6. The first kappa shape index (κ1) is 19.8. The average molecular weight is 343 g/mol. The fraction of sp³-hybridized carbons (Fsp3) is 0.812. The molecule has 2 atom stereocenters. The van der Waals surface area contributed by atoms with Crippen LogP contribution < -0.4 is 10.6 Å². The van der Waals surface area contributed by atoms with Gasteiger partial charge in [-0.3, -0.25) is 14.4 Å². The standard InChI is InChI=1S/C16H29N3O3S/c1-6-7-17-14(21)11(2)18-15(22)12-9-23-10-19(12)13(20)8-16(3,4)5/h11-12H,6-10H2,1-5H3,(H,17,21)(H,18,22)/t11-,12+/m0/s1. The van der Waals surface area contributed by atoms with Crippen molar-refractivity contribution in [1.29, 1.82) is 0 Å². The molecule has 1 saturated heterocycles. The van der Waals surface area contributed by atoms with Crippen molar-refractivity contribution in [2.24, 2.45) is 5.41 Å².